The van der Waals surface area contributed by atoms with Gasteiger partial charge in [-0.15, -0.1) is 0 Å². The number of carbonyl (C=O) groups is 1. The number of likely N-dealkylation sites (tertiary alicyclic amines) is 1. The van der Waals surface area contributed by atoms with Crippen molar-refractivity contribution in [2.45, 2.75) is 38.0 Å². The van der Waals surface area contributed by atoms with Crippen LogP contribution in [0.3, 0.4) is 0 Å². The van der Waals surface area contributed by atoms with Crippen LogP contribution < -0.4 is 0 Å². The van der Waals surface area contributed by atoms with Crippen molar-refractivity contribution >= 4 is 5.91 Å². The minimum absolute atomic E-state index is 0.0642. The first-order chi connectivity index (χ1) is 10.3. The molecule has 2 fully saturated rings. The van der Waals surface area contributed by atoms with Crippen molar-refractivity contribution in [2.24, 2.45) is 5.92 Å². The van der Waals surface area contributed by atoms with E-state index in [2.05, 4.69) is 4.98 Å². The summed E-state index contributed by atoms with van der Waals surface area (Å²) < 4.78 is 11.1. The number of rotatable bonds is 4. The number of aromatic nitrogens is 1. The highest BCUT2D eigenvalue weighted by Crippen LogP contribution is 2.37. The summed E-state index contributed by atoms with van der Waals surface area (Å²) in [4.78, 5) is 18.4. The van der Waals surface area contributed by atoms with E-state index in [1.54, 1.807) is 6.20 Å². The standard InChI is InChI=1S/C16H22N2O3/c1-18-14(13-4-2-7-17-11-13)10-12(16(18)19)5-6-15-20-8-3-9-21-15/h2,4,7,11-12,14-15H,3,5-6,8-10H2,1H3. The highest BCUT2D eigenvalue weighted by Gasteiger charge is 2.38. The molecule has 2 aliphatic heterocycles. The Morgan fingerprint density at radius 3 is 2.86 bits per heavy atom. The lowest BCUT2D eigenvalue weighted by atomic mass is 9.96. The van der Waals surface area contributed by atoms with E-state index in [-0.39, 0.29) is 24.2 Å². The maximum atomic E-state index is 12.4. The number of hydrogen-bond donors (Lipinski definition) is 0. The van der Waals surface area contributed by atoms with Crippen LogP contribution in [0.15, 0.2) is 24.5 Å². The number of pyridine rings is 1. The fourth-order valence-electron chi connectivity index (χ4n) is 3.18. The molecular weight excluding hydrogens is 268 g/mol. The maximum absolute atomic E-state index is 12.4. The molecule has 1 amide bonds. The average Bonchev–Trinajstić information content (AvgIpc) is 2.83. The molecule has 0 aromatic carbocycles. The predicted octanol–water partition coefficient (Wildman–Crippen LogP) is 2.14. The third kappa shape index (κ3) is 3.24. The third-order valence-electron chi connectivity index (χ3n) is 4.39. The summed E-state index contributed by atoms with van der Waals surface area (Å²) >= 11 is 0. The molecule has 5 heteroatoms. The van der Waals surface area contributed by atoms with Gasteiger partial charge in [0.25, 0.3) is 0 Å². The first-order valence-electron chi connectivity index (χ1n) is 7.65. The first kappa shape index (κ1) is 14.5. The smallest absolute Gasteiger partial charge is 0.226 e. The summed E-state index contributed by atoms with van der Waals surface area (Å²) in [6.07, 6.45) is 6.92. The number of amides is 1. The van der Waals surface area contributed by atoms with E-state index in [1.807, 2.05) is 30.3 Å². The summed E-state index contributed by atoms with van der Waals surface area (Å²) in [6.45, 7) is 1.53. The van der Waals surface area contributed by atoms with E-state index in [1.165, 1.54) is 0 Å². The van der Waals surface area contributed by atoms with Gasteiger partial charge in [0.1, 0.15) is 0 Å². The lowest BCUT2D eigenvalue weighted by molar-refractivity contribution is -0.182. The van der Waals surface area contributed by atoms with Crippen molar-refractivity contribution in [1.29, 1.82) is 0 Å². The third-order valence-corrected chi connectivity index (χ3v) is 4.39. The second-order valence-electron chi connectivity index (χ2n) is 5.79. The molecule has 2 aliphatic rings. The molecule has 0 radical (unpaired) electrons. The van der Waals surface area contributed by atoms with Crippen molar-refractivity contribution in [3.8, 4) is 0 Å². The van der Waals surface area contributed by atoms with Gasteiger partial charge in [0, 0.05) is 25.4 Å². The van der Waals surface area contributed by atoms with E-state index in [0.717, 1.165) is 44.5 Å². The Balaban J connectivity index is 1.58. The second kappa shape index (κ2) is 6.54. The molecule has 3 rings (SSSR count). The van der Waals surface area contributed by atoms with Gasteiger partial charge in [-0.25, -0.2) is 0 Å². The van der Waals surface area contributed by atoms with Crippen LogP contribution in [0.4, 0.5) is 0 Å². The van der Waals surface area contributed by atoms with Crippen molar-refractivity contribution in [2.75, 3.05) is 20.3 Å². The van der Waals surface area contributed by atoms with Gasteiger partial charge >= 0.3 is 0 Å². The van der Waals surface area contributed by atoms with Crippen molar-refractivity contribution in [3.63, 3.8) is 0 Å². The Morgan fingerprint density at radius 2 is 2.14 bits per heavy atom. The van der Waals surface area contributed by atoms with Gasteiger partial charge in [-0.05, 0) is 37.3 Å². The minimum Gasteiger partial charge on any atom is -0.353 e. The van der Waals surface area contributed by atoms with Gasteiger partial charge in [-0.1, -0.05) is 6.07 Å². The van der Waals surface area contributed by atoms with Gasteiger partial charge in [0.05, 0.1) is 19.3 Å². The fraction of sp³-hybridized carbons (Fsp3) is 0.625. The van der Waals surface area contributed by atoms with E-state index in [9.17, 15) is 4.79 Å². The molecule has 1 aromatic heterocycles. The molecule has 0 N–H and O–H groups in total. The van der Waals surface area contributed by atoms with E-state index < -0.39 is 0 Å². The summed E-state index contributed by atoms with van der Waals surface area (Å²) in [5, 5.41) is 0. The Kier molecular flexibility index (Phi) is 4.51. The molecule has 3 heterocycles. The summed E-state index contributed by atoms with van der Waals surface area (Å²) in [5.74, 6) is 0.286. The zero-order valence-corrected chi connectivity index (χ0v) is 12.4. The number of hydrogen-bond acceptors (Lipinski definition) is 4. The molecule has 0 saturated carbocycles. The van der Waals surface area contributed by atoms with E-state index in [0.29, 0.717) is 0 Å². The highest BCUT2D eigenvalue weighted by atomic mass is 16.7. The molecule has 2 saturated heterocycles. The molecule has 21 heavy (non-hydrogen) atoms. The predicted molar refractivity (Wildman–Crippen MR) is 77.4 cm³/mol. The van der Waals surface area contributed by atoms with Gasteiger partial charge in [-0.3, -0.25) is 9.78 Å². The Morgan fingerprint density at radius 1 is 1.33 bits per heavy atom. The normalized spacial score (nSPS) is 27.3. The van der Waals surface area contributed by atoms with Gasteiger partial charge in [-0.2, -0.15) is 0 Å². The average molecular weight is 290 g/mol. The van der Waals surface area contributed by atoms with Crippen LogP contribution in [-0.2, 0) is 14.3 Å². The number of nitrogens with zero attached hydrogens (tertiary/aromatic N) is 2. The highest BCUT2D eigenvalue weighted by molar-refractivity contribution is 5.81. The first-order valence-corrected chi connectivity index (χ1v) is 7.65. The number of carbonyl (C=O) groups excluding carboxylic acids is 1. The molecular formula is C16H22N2O3. The van der Waals surface area contributed by atoms with Crippen LogP contribution in [0.2, 0.25) is 0 Å². The van der Waals surface area contributed by atoms with Gasteiger partial charge < -0.3 is 14.4 Å². The molecule has 1 aromatic rings. The van der Waals surface area contributed by atoms with Crippen LogP contribution in [-0.4, -0.2) is 42.3 Å². The molecule has 0 aliphatic carbocycles. The zero-order valence-electron chi connectivity index (χ0n) is 12.4. The van der Waals surface area contributed by atoms with Crippen molar-refractivity contribution < 1.29 is 14.3 Å². The summed E-state index contributed by atoms with van der Waals surface area (Å²) in [6, 6.07) is 4.10. The van der Waals surface area contributed by atoms with Crippen molar-refractivity contribution in [1.82, 2.24) is 9.88 Å². The second-order valence-corrected chi connectivity index (χ2v) is 5.79. The summed E-state index contributed by atoms with van der Waals surface area (Å²) in [5.41, 5.74) is 1.11. The Hall–Kier alpha value is -1.46. The maximum Gasteiger partial charge on any atom is 0.226 e. The molecule has 114 valence electrons. The molecule has 5 nitrogen and oxygen atoms in total. The molecule has 2 unspecified atom stereocenters. The monoisotopic (exact) mass is 290 g/mol. The lowest BCUT2D eigenvalue weighted by Crippen LogP contribution is -2.27. The van der Waals surface area contributed by atoms with Crippen LogP contribution in [0.25, 0.3) is 0 Å². The van der Waals surface area contributed by atoms with Crippen LogP contribution in [0.1, 0.15) is 37.3 Å². The quantitative estimate of drug-likeness (QED) is 0.852. The summed E-state index contributed by atoms with van der Waals surface area (Å²) in [7, 11) is 1.88. The van der Waals surface area contributed by atoms with E-state index >= 15 is 0 Å². The molecule has 0 bridgehead atoms. The van der Waals surface area contributed by atoms with E-state index in [4.69, 9.17) is 9.47 Å². The largest absolute Gasteiger partial charge is 0.353 e. The topological polar surface area (TPSA) is 51.7 Å². The van der Waals surface area contributed by atoms with Crippen LogP contribution in [0.5, 0.6) is 0 Å². The SMILES string of the molecule is CN1C(=O)C(CCC2OCCCO2)CC1c1cccnc1. The zero-order chi connectivity index (χ0) is 14.7. The Labute approximate surface area is 125 Å². The minimum atomic E-state index is -0.130. The van der Waals surface area contributed by atoms with Gasteiger partial charge in [0.2, 0.25) is 5.91 Å². The lowest BCUT2D eigenvalue weighted by Gasteiger charge is -2.23. The Bertz CT molecular complexity index is 474. The van der Waals surface area contributed by atoms with Crippen LogP contribution in [0, 0.1) is 5.92 Å². The number of ether oxygens (including phenoxy) is 2. The van der Waals surface area contributed by atoms with Crippen molar-refractivity contribution in [3.05, 3.63) is 30.1 Å². The molecule has 0 spiro atoms. The fourth-order valence-corrected chi connectivity index (χ4v) is 3.18. The van der Waals surface area contributed by atoms with Gasteiger partial charge in [0.15, 0.2) is 6.29 Å². The molecule has 2 atom stereocenters. The van der Waals surface area contributed by atoms with Crippen LogP contribution >= 0.6 is 0 Å².